The molecule has 1 atom stereocenters. The molecular weight excluding hydrogens is 284 g/mol. The van der Waals surface area contributed by atoms with Crippen molar-refractivity contribution in [2.45, 2.75) is 32.9 Å². The van der Waals surface area contributed by atoms with Gasteiger partial charge in [0.2, 0.25) is 0 Å². The first-order chi connectivity index (χ1) is 10.1. The van der Waals surface area contributed by atoms with Crippen molar-refractivity contribution in [1.82, 2.24) is 19.7 Å². The molecular formula is C15H18N4OS. The second kappa shape index (κ2) is 5.91. The maximum atomic E-state index is 10.4. The van der Waals surface area contributed by atoms with Gasteiger partial charge in [-0.25, -0.2) is 9.67 Å². The van der Waals surface area contributed by atoms with Gasteiger partial charge in [-0.2, -0.15) is 5.10 Å². The highest BCUT2D eigenvalue weighted by atomic mass is 32.1. The van der Waals surface area contributed by atoms with Gasteiger partial charge in [0.1, 0.15) is 12.2 Å². The fourth-order valence-corrected chi connectivity index (χ4v) is 3.07. The molecule has 0 amide bonds. The van der Waals surface area contributed by atoms with Crippen LogP contribution < -0.4 is 0 Å². The van der Waals surface area contributed by atoms with Crippen LogP contribution in [0.15, 0.2) is 30.0 Å². The lowest BCUT2D eigenvalue weighted by Gasteiger charge is -2.12. The van der Waals surface area contributed by atoms with Gasteiger partial charge in [0.05, 0.1) is 16.3 Å². The van der Waals surface area contributed by atoms with E-state index in [2.05, 4.69) is 28.9 Å². The second-order valence-electron chi connectivity index (χ2n) is 5.54. The third kappa shape index (κ3) is 3.11. The second-order valence-corrected chi connectivity index (χ2v) is 6.49. The minimum absolute atomic E-state index is 0.450. The van der Waals surface area contributed by atoms with E-state index in [9.17, 15) is 5.11 Å². The molecule has 0 bridgehead atoms. The van der Waals surface area contributed by atoms with Crippen LogP contribution in [0.25, 0.3) is 10.2 Å². The molecule has 1 N–H and O–H groups in total. The summed E-state index contributed by atoms with van der Waals surface area (Å²) in [6.45, 7) is 5.08. The first-order valence-corrected chi connectivity index (χ1v) is 7.89. The van der Waals surface area contributed by atoms with Crippen LogP contribution in [0.1, 0.15) is 31.3 Å². The zero-order valence-corrected chi connectivity index (χ0v) is 12.9. The van der Waals surface area contributed by atoms with Crippen molar-refractivity contribution in [3.63, 3.8) is 0 Å². The molecule has 0 aliphatic rings. The first-order valence-electron chi connectivity index (χ1n) is 7.01. The van der Waals surface area contributed by atoms with E-state index >= 15 is 0 Å². The van der Waals surface area contributed by atoms with Crippen molar-refractivity contribution in [2.24, 2.45) is 5.92 Å². The number of fused-ring (bicyclic) bond motifs is 1. The van der Waals surface area contributed by atoms with Crippen LogP contribution in [-0.2, 0) is 13.0 Å². The van der Waals surface area contributed by atoms with Gasteiger partial charge in [-0.1, -0.05) is 13.8 Å². The largest absolute Gasteiger partial charge is 0.388 e. The van der Waals surface area contributed by atoms with E-state index in [1.54, 1.807) is 23.9 Å². The molecule has 5 nitrogen and oxygen atoms in total. The van der Waals surface area contributed by atoms with Crippen LogP contribution >= 0.6 is 11.3 Å². The van der Waals surface area contributed by atoms with Crippen LogP contribution in [0.5, 0.6) is 0 Å². The van der Waals surface area contributed by atoms with E-state index in [4.69, 9.17) is 0 Å². The molecule has 21 heavy (non-hydrogen) atoms. The topological polar surface area (TPSA) is 63.8 Å². The molecule has 0 radical (unpaired) electrons. The Balaban J connectivity index is 1.79. The Kier molecular flexibility index (Phi) is 3.98. The molecule has 3 rings (SSSR count). The van der Waals surface area contributed by atoms with Crippen LogP contribution in [0, 0.1) is 5.92 Å². The number of aliphatic hydroxyl groups excluding tert-OH is 1. The average molecular weight is 302 g/mol. The van der Waals surface area contributed by atoms with Crippen molar-refractivity contribution in [1.29, 1.82) is 0 Å². The standard InChI is InChI=1S/C15H18N4OS/c1-10(2)8-19-15(17-9-18-19)6-13(20)11-5-14-12(16-7-11)3-4-21-14/h3-5,7,9-10,13,20H,6,8H2,1-2H3. The number of thiophene rings is 1. The third-order valence-electron chi connectivity index (χ3n) is 3.32. The number of nitrogens with zero attached hydrogens (tertiary/aromatic N) is 4. The maximum absolute atomic E-state index is 10.4. The summed E-state index contributed by atoms with van der Waals surface area (Å²) in [6.07, 6.45) is 3.12. The Hall–Kier alpha value is -1.79. The smallest absolute Gasteiger partial charge is 0.138 e. The lowest BCUT2D eigenvalue weighted by atomic mass is 10.1. The van der Waals surface area contributed by atoms with E-state index in [1.165, 1.54) is 0 Å². The summed E-state index contributed by atoms with van der Waals surface area (Å²) in [5.74, 6) is 1.30. The van der Waals surface area contributed by atoms with Gasteiger partial charge < -0.3 is 5.11 Å². The van der Waals surface area contributed by atoms with Gasteiger partial charge in [-0.05, 0) is 23.4 Å². The van der Waals surface area contributed by atoms with E-state index < -0.39 is 6.10 Å². The van der Waals surface area contributed by atoms with Crippen LogP contribution in [0.4, 0.5) is 0 Å². The molecule has 0 spiro atoms. The van der Waals surface area contributed by atoms with Gasteiger partial charge >= 0.3 is 0 Å². The van der Waals surface area contributed by atoms with Crippen molar-refractivity contribution in [2.75, 3.05) is 0 Å². The summed E-state index contributed by atoms with van der Waals surface area (Å²) >= 11 is 1.63. The van der Waals surface area contributed by atoms with Gasteiger partial charge in [-0.15, -0.1) is 11.3 Å². The van der Waals surface area contributed by atoms with Gasteiger partial charge in [-0.3, -0.25) is 4.98 Å². The molecule has 3 aromatic heterocycles. The summed E-state index contributed by atoms with van der Waals surface area (Å²) in [7, 11) is 0. The number of hydrogen-bond donors (Lipinski definition) is 1. The molecule has 3 aromatic rings. The predicted octanol–water partition coefficient (Wildman–Crippen LogP) is 2.82. The molecule has 0 fully saturated rings. The number of hydrogen-bond acceptors (Lipinski definition) is 5. The number of aromatic nitrogens is 4. The third-order valence-corrected chi connectivity index (χ3v) is 4.17. The molecule has 0 aromatic carbocycles. The van der Waals surface area contributed by atoms with Crippen molar-refractivity contribution in [3.05, 3.63) is 41.4 Å². The minimum atomic E-state index is -0.612. The lowest BCUT2D eigenvalue weighted by Crippen LogP contribution is -2.13. The fraction of sp³-hybridized carbons (Fsp3) is 0.400. The lowest BCUT2D eigenvalue weighted by molar-refractivity contribution is 0.173. The summed E-state index contributed by atoms with van der Waals surface area (Å²) in [5.41, 5.74) is 1.79. The SMILES string of the molecule is CC(C)Cn1ncnc1CC(O)c1cnc2ccsc2c1. The Bertz CT molecular complexity index is 734. The van der Waals surface area contributed by atoms with Gasteiger partial charge in [0.25, 0.3) is 0 Å². The number of aliphatic hydroxyl groups is 1. The van der Waals surface area contributed by atoms with Crippen molar-refractivity contribution >= 4 is 21.6 Å². The van der Waals surface area contributed by atoms with E-state index in [1.807, 2.05) is 22.2 Å². The van der Waals surface area contributed by atoms with Crippen molar-refractivity contribution in [3.8, 4) is 0 Å². The normalized spacial score (nSPS) is 13.1. The molecule has 1 unspecified atom stereocenters. The van der Waals surface area contributed by atoms with E-state index in [0.717, 1.165) is 28.1 Å². The molecule has 3 heterocycles. The monoisotopic (exact) mass is 302 g/mol. The average Bonchev–Trinajstić information content (AvgIpc) is 3.06. The summed E-state index contributed by atoms with van der Waals surface area (Å²) in [5, 5.41) is 16.7. The first kappa shape index (κ1) is 14.2. The van der Waals surface area contributed by atoms with Gasteiger partial charge in [0.15, 0.2) is 0 Å². The molecule has 0 aliphatic carbocycles. The summed E-state index contributed by atoms with van der Waals surface area (Å²) in [6, 6.07) is 3.98. The van der Waals surface area contributed by atoms with Crippen LogP contribution in [0.3, 0.4) is 0 Å². The molecule has 110 valence electrons. The highest BCUT2D eigenvalue weighted by Gasteiger charge is 2.15. The van der Waals surface area contributed by atoms with Crippen LogP contribution in [-0.4, -0.2) is 24.9 Å². The number of rotatable bonds is 5. The van der Waals surface area contributed by atoms with Crippen molar-refractivity contribution < 1.29 is 5.11 Å². The Morgan fingerprint density at radius 2 is 2.19 bits per heavy atom. The summed E-state index contributed by atoms with van der Waals surface area (Å²) < 4.78 is 2.96. The highest BCUT2D eigenvalue weighted by Crippen LogP contribution is 2.24. The Labute approximate surface area is 127 Å². The van der Waals surface area contributed by atoms with Crippen LogP contribution in [0.2, 0.25) is 0 Å². The molecule has 0 aliphatic heterocycles. The zero-order valence-electron chi connectivity index (χ0n) is 12.1. The predicted molar refractivity (Wildman–Crippen MR) is 83.1 cm³/mol. The molecule has 6 heteroatoms. The number of pyridine rings is 1. The van der Waals surface area contributed by atoms with Gasteiger partial charge in [0, 0.05) is 24.7 Å². The Morgan fingerprint density at radius 1 is 1.33 bits per heavy atom. The summed E-state index contributed by atoms with van der Waals surface area (Å²) in [4.78, 5) is 8.63. The highest BCUT2D eigenvalue weighted by molar-refractivity contribution is 7.17. The quantitative estimate of drug-likeness (QED) is 0.787. The maximum Gasteiger partial charge on any atom is 0.138 e. The zero-order chi connectivity index (χ0) is 14.8. The fourth-order valence-electron chi connectivity index (χ4n) is 2.28. The molecule has 0 saturated carbocycles. The van der Waals surface area contributed by atoms with E-state index in [0.29, 0.717) is 12.3 Å². The Morgan fingerprint density at radius 3 is 3.00 bits per heavy atom. The minimum Gasteiger partial charge on any atom is -0.388 e. The molecule has 0 saturated heterocycles. The van der Waals surface area contributed by atoms with E-state index in [-0.39, 0.29) is 0 Å².